The van der Waals surface area contributed by atoms with E-state index in [1.54, 1.807) is 6.07 Å². The van der Waals surface area contributed by atoms with Crippen molar-refractivity contribution in [1.82, 2.24) is 0 Å². The lowest BCUT2D eigenvalue weighted by molar-refractivity contribution is 0.532. The van der Waals surface area contributed by atoms with Crippen molar-refractivity contribution in [3.05, 3.63) is 29.1 Å². The monoisotopic (exact) mass is 180 g/mol. The minimum absolute atomic E-state index is 0.0400. The molecule has 0 bridgehead atoms. The number of benzene rings is 1. The summed E-state index contributed by atoms with van der Waals surface area (Å²) in [5.41, 5.74) is 13.5. The molecule has 0 amide bonds. The average molecular weight is 180 g/mol. The molecule has 1 atom stereocenters. The molecule has 0 unspecified atom stereocenters. The van der Waals surface area contributed by atoms with Crippen LogP contribution in [0, 0.1) is 5.82 Å². The predicted molar refractivity (Wildman–Crippen MR) is 50.7 cm³/mol. The molecule has 1 aromatic carbocycles. The number of nitrogen functional groups attached to an aromatic ring is 1. The quantitative estimate of drug-likeness (QED) is 0.597. The molecule has 1 aromatic rings. The smallest absolute Gasteiger partial charge is 0.128 e. The molecule has 4 N–H and O–H groups in total. The van der Waals surface area contributed by atoms with E-state index in [4.69, 9.17) is 11.5 Å². The van der Waals surface area contributed by atoms with Gasteiger partial charge in [-0.1, -0.05) is 0 Å². The second-order valence-electron chi connectivity index (χ2n) is 3.57. The highest BCUT2D eigenvalue weighted by Crippen LogP contribution is 2.31. The van der Waals surface area contributed by atoms with Crippen molar-refractivity contribution in [3.8, 4) is 0 Å². The maximum absolute atomic E-state index is 13.4. The summed E-state index contributed by atoms with van der Waals surface area (Å²) < 4.78 is 13.4. The van der Waals surface area contributed by atoms with Gasteiger partial charge in [0.1, 0.15) is 5.82 Å². The highest BCUT2D eigenvalue weighted by atomic mass is 19.1. The third kappa shape index (κ3) is 1.40. The van der Waals surface area contributed by atoms with Crippen LogP contribution in [0.15, 0.2) is 12.1 Å². The van der Waals surface area contributed by atoms with E-state index in [9.17, 15) is 4.39 Å². The first kappa shape index (κ1) is 8.51. The Balaban J connectivity index is 2.56. The average Bonchev–Trinajstić information content (AvgIpc) is 2.07. The highest BCUT2D eigenvalue weighted by Gasteiger charge is 2.19. The van der Waals surface area contributed by atoms with Crippen LogP contribution >= 0.6 is 0 Å². The van der Waals surface area contributed by atoms with Crippen LogP contribution in [0.25, 0.3) is 0 Å². The lowest BCUT2D eigenvalue weighted by Gasteiger charge is -2.22. The first-order chi connectivity index (χ1) is 6.18. The third-order valence-electron chi connectivity index (χ3n) is 2.59. The molecule has 2 rings (SSSR count). The topological polar surface area (TPSA) is 52.0 Å². The van der Waals surface area contributed by atoms with Crippen LogP contribution in [-0.2, 0) is 6.42 Å². The molecule has 0 spiro atoms. The van der Waals surface area contributed by atoms with Crippen molar-refractivity contribution < 1.29 is 4.39 Å². The SMILES string of the molecule is Nc1cc(F)c2c(c1)[C@@H](N)CCC2. The highest BCUT2D eigenvalue weighted by molar-refractivity contribution is 5.47. The summed E-state index contributed by atoms with van der Waals surface area (Å²) in [6, 6.07) is 3.13. The van der Waals surface area contributed by atoms with E-state index < -0.39 is 0 Å². The van der Waals surface area contributed by atoms with E-state index >= 15 is 0 Å². The Labute approximate surface area is 76.7 Å². The van der Waals surface area contributed by atoms with E-state index in [-0.39, 0.29) is 11.9 Å². The van der Waals surface area contributed by atoms with Crippen molar-refractivity contribution in [2.24, 2.45) is 5.73 Å². The van der Waals surface area contributed by atoms with Gasteiger partial charge < -0.3 is 11.5 Å². The van der Waals surface area contributed by atoms with Gasteiger partial charge in [0.15, 0.2) is 0 Å². The molecule has 0 fully saturated rings. The zero-order valence-electron chi connectivity index (χ0n) is 7.39. The van der Waals surface area contributed by atoms with Crippen molar-refractivity contribution in [2.45, 2.75) is 25.3 Å². The van der Waals surface area contributed by atoms with Gasteiger partial charge in [-0.3, -0.25) is 0 Å². The van der Waals surface area contributed by atoms with Crippen LogP contribution in [0.5, 0.6) is 0 Å². The molecule has 13 heavy (non-hydrogen) atoms. The fourth-order valence-electron chi connectivity index (χ4n) is 1.93. The van der Waals surface area contributed by atoms with E-state index in [0.29, 0.717) is 5.69 Å². The molecule has 0 heterocycles. The summed E-state index contributed by atoms with van der Waals surface area (Å²) >= 11 is 0. The Kier molecular flexibility index (Phi) is 1.96. The van der Waals surface area contributed by atoms with E-state index in [1.807, 2.05) is 0 Å². The van der Waals surface area contributed by atoms with Gasteiger partial charge >= 0.3 is 0 Å². The third-order valence-corrected chi connectivity index (χ3v) is 2.59. The van der Waals surface area contributed by atoms with Crippen molar-refractivity contribution in [1.29, 1.82) is 0 Å². The number of nitrogens with two attached hydrogens (primary N) is 2. The standard InChI is InChI=1S/C10H13FN2/c11-9-5-6(12)4-8-7(9)2-1-3-10(8)13/h4-5,10H,1-3,12-13H2/t10-/m0/s1. The van der Waals surface area contributed by atoms with Crippen molar-refractivity contribution in [2.75, 3.05) is 5.73 Å². The molecule has 0 aromatic heterocycles. The number of hydrogen-bond acceptors (Lipinski definition) is 2. The van der Waals surface area contributed by atoms with Gasteiger partial charge in [0, 0.05) is 11.7 Å². The minimum Gasteiger partial charge on any atom is -0.399 e. The summed E-state index contributed by atoms with van der Waals surface area (Å²) in [4.78, 5) is 0. The Morgan fingerprint density at radius 2 is 2.15 bits per heavy atom. The Morgan fingerprint density at radius 1 is 1.38 bits per heavy atom. The predicted octanol–water partition coefficient (Wildman–Crippen LogP) is 1.74. The number of fused-ring (bicyclic) bond motifs is 1. The molecule has 2 nitrogen and oxygen atoms in total. The van der Waals surface area contributed by atoms with Gasteiger partial charge in [-0.2, -0.15) is 0 Å². The minimum atomic E-state index is -0.204. The first-order valence-electron chi connectivity index (χ1n) is 4.52. The van der Waals surface area contributed by atoms with Crippen LogP contribution in [0.1, 0.15) is 30.0 Å². The molecule has 0 saturated carbocycles. The van der Waals surface area contributed by atoms with Gasteiger partial charge in [-0.05, 0) is 42.5 Å². The van der Waals surface area contributed by atoms with Crippen LogP contribution in [0.4, 0.5) is 10.1 Å². The molecule has 0 radical (unpaired) electrons. The fourth-order valence-corrected chi connectivity index (χ4v) is 1.93. The second-order valence-corrected chi connectivity index (χ2v) is 3.57. The van der Waals surface area contributed by atoms with E-state index in [0.717, 1.165) is 30.4 Å². The molecule has 0 aliphatic heterocycles. The molecule has 1 aliphatic rings. The molecule has 3 heteroatoms. The molecular formula is C10H13FN2. The number of hydrogen-bond donors (Lipinski definition) is 2. The number of halogens is 1. The van der Waals surface area contributed by atoms with Crippen molar-refractivity contribution >= 4 is 5.69 Å². The van der Waals surface area contributed by atoms with Crippen LogP contribution in [0.3, 0.4) is 0 Å². The lowest BCUT2D eigenvalue weighted by atomic mass is 9.87. The van der Waals surface area contributed by atoms with Crippen LogP contribution in [0.2, 0.25) is 0 Å². The molecule has 1 aliphatic carbocycles. The van der Waals surface area contributed by atoms with Gasteiger partial charge in [-0.15, -0.1) is 0 Å². The molecule has 0 saturated heterocycles. The fraction of sp³-hybridized carbons (Fsp3) is 0.400. The maximum Gasteiger partial charge on any atom is 0.128 e. The second kappa shape index (κ2) is 3.00. The molecular weight excluding hydrogens is 167 g/mol. The number of anilines is 1. The van der Waals surface area contributed by atoms with Crippen LogP contribution < -0.4 is 11.5 Å². The zero-order valence-corrected chi connectivity index (χ0v) is 7.39. The van der Waals surface area contributed by atoms with Gasteiger partial charge in [0.25, 0.3) is 0 Å². The Bertz CT molecular complexity index is 336. The van der Waals surface area contributed by atoms with Gasteiger partial charge in [0.05, 0.1) is 0 Å². The van der Waals surface area contributed by atoms with E-state index in [1.165, 1.54) is 6.07 Å². The van der Waals surface area contributed by atoms with Gasteiger partial charge in [-0.25, -0.2) is 4.39 Å². The maximum atomic E-state index is 13.4. The first-order valence-corrected chi connectivity index (χ1v) is 4.52. The van der Waals surface area contributed by atoms with Crippen LogP contribution in [-0.4, -0.2) is 0 Å². The normalized spacial score (nSPS) is 21.2. The zero-order chi connectivity index (χ0) is 9.42. The van der Waals surface area contributed by atoms with Crippen molar-refractivity contribution in [3.63, 3.8) is 0 Å². The number of rotatable bonds is 0. The summed E-state index contributed by atoms with van der Waals surface area (Å²) in [5.74, 6) is -0.204. The summed E-state index contributed by atoms with van der Waals surface area (Å²) in [7, 11) is 0. The van der Waals surface area contributed by atoms with Gasteiger partial charge in [0.2, 0.25) is 0 Å². The lowest BCUT2D eigenvalue weighted by Crippen LogP contribution is -2.18. The summed E-state index contributed by atoms with van der Waals surface area (Å²) in [6.45, 7) is 0. The summed E-state index contributed by atoms with van der Waals surface area (Å²) in [5, 5.41) is 0. The molecule has 70 valence electrons. The largest absolute Gasteiger partial charge is 0.399 e. The summed E-state index contributed by atoms with van der Waals surface area (Å²) in [6.07, 6.45) is 2.68. The Hall–Kier alpha value is -1.09. The Morgan fingerprint density at radius 3 is 2.92 bits per heavy atom. The van der Waals surface area contributed by atoms with E-state index in [2.05, 4.69) is 0 Å².